The molecule has 2 fully saturated rings. The van der Waals surface area contributed by atoms with Gasteiger partial charge in [0.25, 0.3) is 10.0 Å². The van der Waals surface area contributed by atoms with Gasteiger partial charge in [-0.1, -0.05) is 18.6 Å². The number of amides is 1. The number of rotatable bonds is 7. The van der Waals surface area contributed by atoms with Crippen LogP contribution in [0.4, 0.5) is 0 Å². The Balaban J connectivity index is 1.18. The van der Waals surface area contributed by atoms with Crippen LogP contribution < -0.4 is 4.72 Å². The minimum atomic E-state index is -3.49. The van der Waals surface area contributed by atoms with Gasteiger partial charge in [-0.15, -0.1) is 0 Å². The van der Waals surface area contributed by atoms with Gasteiger partial charge in [-0.2, -0.15) is 0 Å². The largest absolute Gasteiger partial charge is 0.350 e. The molecule has 30 heavy (non-hydrogen) atoms. The van der Waals surface area contributed by atoms with Gasteiger partial charge in [-0.05, 0) is 37.8 Å². The van der Waals surface area contributed by atoms with Crippen molar-refractivity contribution in [2.24, 2.45) is 10.9 Å². The summed E-state index contributed by atoms with van der Waals surface area (Å²) in [6.07, 6.45) is 4.92. The lowest BCUT2D eigenvalue weighted by atomic mass is 9.97. The average molecular weight is 436 g/mol. The number of carbonyl (C=O) groups is 1. The van der Waals surface area contributed by atoms with E-state index in [4.69, 9.17) is 9.47 Å². The molecule has 3 aliphatic heterocycles. The van der Waals surface area contributed by atoms with E-state index in [1.165, 1.54) is 0 Å². The number of hydrogen-bond donors (Lipinski definition) is 1. The maximum atomic E-state index is 12.5. The van der Waals surface area contributed by atoms with Crippen molar-refractivity contribution in [2.75, 3.05) is 32.8 Å². The quantitative estimate of drug-likeness (QED) is 0.660. The van der Waals surface area contributed by atoms with Gasteiger partial charge in [-0.3, -0.25) is 14.5 Å². The number of hydrogen-bond acceptors (Lipinski definition) is 6. The summed E-state index contributed by atoms with van der Waals surface area (Å²) in [7, 11) is -3.49. The SMILES string of the molecule is O=C(CCCCCN=C1NS(=O)(=O)c2ccccc21)N1CCCC(C2OCCO2)C1. The highest BCUT2D eigenvalue weighted by Gasteiger charge is 2.32. The molecule has 164 valence electrons. The minimum Gasteiger partial charge on any atom is -0.350 e. The molecule has 9 heteroatoms. The molecule has 0 aromatic heterocycles. The molecule has 8 nitrogen and oxygen atoms in total. The molecule has 4 rings (SSSR count). The first kappa shape index (κ1) is 21.3. The van der Waals surface area contributed by atoms with Crippen molar-refractivity contribution in [1.82, 2.24) is 9.62 Å². The van der Waals surface area contributed by atoms with Gasteiger partial charge in [0.05, 0.1) is 18.1 Å². The van der Waals surface area contributed by atoms with E-state index in [1.807, 2.05) is 4.90 Å². The Morgan fingerprint density at radius 2 is 1.97 bits per heavy atom. The van der Waals surface area contributed by atoms with Crippen LogP contribution in [0.2, 0.25) is 0 Å². The molecule has 0 bridgehead atoms. The van der Waals surface area contributed by atoms with E-state index in [0.29, 0.717) is 37.6 Å². The number of carbonyl (C=O) groups excluding carboxylic acids is 1. The van der Waals surface area contributed by atoms with E-state index in [-0.39, 0.29) is 23.0 Å². The molecule has 1 N–H and O–H groups in total. The Morgan fingerprint density at radius 3 is 2.80 bits per heavy atom. The summed E-state index contributed by atoms with van der Waals surface area (Å²) in [5, 5.41) is 0. The third-order valence-electron chi connectivity index (χ3n) is 5.82. The van der Waals surface area contributed by atoms with Gasteiger partial charge in [-0.25, -0.2) is 8.42 Å². The van der Waals surface area contributed by atoms with Gasteiger partial charge < -0.3 is 14.4 Å². The maximum Gasteiger partial charge on any atom is 0.263 e. The van der Waals surface area contributed by atoms with Crippen LogP contribution in [0.1, 0.15) is 44.1 Å². The number of nitrogens with one attached hydrogen (secondary N) is 1. The zero-order valence-electron chi connectivity index (χ0n) is 17.1. The molecule has 1 aromatic carbocycles. The van der Waals surface area contributed by atoms with Crippen molar-refractivity contribution in [3.63, 3.8) is 0 Å². The lowest BCUT2D eigenvalue weighted by molar-refractivity contribution is -0.139. The van der Waals surface area contributed by atoms with E-state index >= 15 is 0 Å². The summed E-state index contributed by atoms with van der Waals surface area (Å²) in [5.41, 5.74) is 0.627. The third-order valence-corrected chi connectivity index (χ3v) is 7.22. The van der Waals surface area contributed by atoms with Crippen LogP contribution in [0.15, 0.2) is 34.2 Å². The van der Waals surface area contributed by atoms with E-state index < -0.39 is 10.0 Å². The third kappa shape index (κ3) is 4.84. The molecule has 1 aromatic rings. The summed E-state index contributed by atoms with van der Waals surface area (Å²) in [6, 6.07) is 6.86. The fourth-order valence-electron chi connectivity index (χ4n) is 4.27. The number of ether oxygens (including phenoxy) is 2. The molecule has 0 aliphatic carbocycles. The van der Waals surface area contributed by atoms with Gasteiger partial charge in [0.1, 0.15) is 5.84 Å². The molecule has 0 radical (unpaired) electrons. The number of piperidine rings is 1. The molecular formula is C21H29N3O5S. The van der Waals surface area contributed by atoms with Crippen molar-refractivity contribution in [3.05, 3.63) is 29.8 Å². The lowest BCUT2D eigenvalue weighted by Gasteiger charge is -2.34. The number of likely N-dealkylation sites (tertiary alicyclic amines) is 1. The van der Waals surface area contributed by atoms with E-state index in [1.54, 1.807) is 24.3 Å². The number of aliphatic imine (C=N–C) groups is 1. The Labute approximate surface area is 177 Å². The first-order chi connectivity index (χ1) is 14.5. The summed E-state index contributed by atoms with van der Waals surface area (Å²) >= 11 is 0. The van der Waals surface area contributed by atoms with Crippen molar-refractivity contribution in [1.29, 1.82) is 0 Å². The predicted octanol–water partition coefficient (Wildman–Crippen LogP) is 1.90. The van der Waals surface area contributed by atoms with Crippen LogP contribution in [-0.2, 0) is 24.3 Å². The molecule has 0 saturated carbocycles. The van der Waals surface area contributed by atoms with E-state index in [0.717, 1.165) is 45.2 Å². The molecule has 1 unspecified atom stereocenters. The lowest BCUT2D eigenvalue weighted by Crippen LogP contribution is -2.43. The second-order valence-electron chi connectivity index (χ2n) is 7.99. The summed E-state index contributed by atoms with van der Waals surface area (Å²) in [6.45, 7) is 3.35. The Kier molecular flexibility index (Phi) is 6.70. The van der Waals surface area contributed by atoms with Crippen molar-refractivity contribution in [3.8, 4) is 0 Å². The van der Waals surface area contributed by atoms with Crippen molar-refractivity contribution < 1.29 is 22.7 Å². The van der Waals surface area contributed by atoms with Gasteiger partial charge >= 0.3 is 0 Å². The minimum absolute atomic E-state index is 0.155. The normalized spacial score (nSPS) is 24.7. The topological polar surface area (TPSA) is 97.3 Å². The molecule has 2 saturated heterocycles. The van der Waals surface area contributed by atoms with E-state index in [9.17, 15) is 13.2 Å². The number of sulfonamides is 1. The monoisotopic (exact) mass is 435 g/mol. The smallest absolute Gasteiger partial charge is 0.263 e. The van der Waals surface area contributed by atoms with Crippen molar-refractivity contribution >= 4 is 21.8 Å². The number of benzene rings is 1. The van der Waals surface area contributed by atoms with Crippen LogP contribution >= 0.6 is 0 Å². The summed E-state index contributed by atoms with van der Waals surface area (Å²) in [4.78, 5) is 19.2. The average Bonchev–Trinajstić information content (AvgIpc) is 3.38. The van der Waals surface area contributed by atoms with Crippen LogP contribution in [0.25, 0.3) is 0 Å². The molecule has 1 atom stereocenters. The van der Waals surface area contributed by atoms with Gasteiger partial charge in [0.15, 0.2) is 6.29 Å². The fourth-order valence-corrected chi connectivity index (χ4v) is 5.52. The second kappa shape index (κ2) is 9.45. The number of amidine groups is 1. The van der Waals surface area contributed by atoms with Gasteiger partial charge in [0.2, 0.25) is 5.91 Å². The number of fused-ring (bicyclic) bond motifs is 1. The Morgan fingerprint density at radius 1 is 1.17 bits per heavy atom. The number of unbranched alkanes of at least 4 members (excludes halogenated alkanes) is 2. The van der Waals surface area contributed by atoms with E-state index in [2.05, 4.69) is 9.71 Å². The Hall–Kier alpha value is -1.97. The first-order valence-electron chi connectivity index (χ1n) is 10.7. The molecule has 1 amide bonds. The van der Waals surface area contributed by atoms with Gasteiger partial charge in [0, 0.05) is 37.5 Å². The molecular weight excluding hydrogens is 406 g/mol. The van der Waals surface area contributed by atoms with Crippen LogP contribution in [0.3, 0.4) is 0 Å². The summed E-state index contributed by atoms with van der Waals surface area (Å²) < 4.78 is 37.9. The van der Waals surface area contributed by atoms with Crippen LogP contribution in [-0.4, -0.2) is 64.2 Å². The van der Waals surface area contributed by atoms with Crippen LogP contribution in [0.5, 0.6) is 0 Å². The Bertz CT molecular complexity index is 896. The highest BCUT2D eigenvalue weighted by Crippen LogP contribution is 2.25. The standard InChI is InChI=1S/C21H29N3O5S/c25-19(24-12-6-7-16(15-24)21-28-13-14-29-21)10-2-1-5-11-22-20-17-8-3-4-9-18(17)30(26,27)23-20/h3-4,8-9,16,21H,1-2,5-7,10-15H2,(H,22,23). The fraction of sp³-hybridized carbons (Fsp3) is 0.619. The highest BCUT2D eigenvalue weighted by molar-refractivity contribution is 7.90. The predicted molar refractivity (Wildman–Crippen MR) is 112 cm³/mol. The molecule has 3 aliphatic rings. The molecule has 3 heterocycles. The molecule has 0 spiro atoms. The first-order valence-corrected chi connectivity index (χ1v) is 12.2. The zero-order chi connectivity index (χ0) is 21.0. The number of nitrogens with zero attached hydrogens (tertiary/aromatic N) is 2. The van der Waals surface area contributed by atoms with Crippen LogP contribution in [0, 0.1) is 5.92 Å². The second-order valence-corrected chi connectivity index (χ2v) is 9.65. The zero-order valence-corrected chi connectivity index (χ0v) is 17.9. The highest BCUT2D eigenvalue weighted by atomic mass is 32.2. The summed E-state index contributed by atoms with van der Waals surface area (Å²) in [5.74, 6) is 0.887. The van der Waals surface area contributed by atoms with Crippen molar-refractivity contribution in [2.45, 2.75) is 49.7 Å². The maximum absolute atomic E-state index is 12.5.